The van der Waals surface area contributed by atoms with Gasteiger partial charge in [0.1, 0.15) is 23.4 Å². The summed E-state index contributed by atoms with van der Waals surface area (Å²) in [5.41, 5.74) is 0.763. The number of halogens is 4. The van der Waals surface area contributed by atoms with Crippen LogP contribution in [0.25, 0.3) is 32.9 Å². The minimum atomic E-state index is -5.09. The number of anilines is 2. The number of aromatic amines is 1. The van der Waals surface area contributed by atoms with Gasteiger partial charge < -0.3 is 49.6 Å². The van der Waals surface area contributed by atoms with Gasteiger partial charge in [0.25, 0.3) is 5.91 Å². The number of likely N-dealkylation sites (tertiary alicyclic amines) is 1. The molecule has 0 bridgehead atoms. The third kappa shape index (κ3) is 10.1. The molecule has 0 aliphatic carbocycles. The van der Waals surface area contributed by atoms with E-state index in [0.717, 1.165) is 6.07 Å². The van der Waals surface area contributed by atoms with E-state index in [1.54, 1.807) is 54.0 Å². The highest BCUT2D eigenvalue weighted by atomic mass is 35.5. The lowest BCUT2D eigenvalue weighted by atomic mass is 9.90. The van der Waals surface area contributed by atoms with Crippen molar-refractivity contribution in [3.8, 4) is 16.9 Å². The summed E-state index contributed by atoms with van der Waals surface area (Å²) in [4.78, 5) is 71.4. The van der Waals surface area contributed by atoms with Crippen LogP contribution in [-0.4, -0.2) is 125 Å². The van der Waals surface area contributed by atoms with Crippen molar-refractivity contribution in [1.29, 1.82) is 0 Å². The van der Waals surface area contributed by atoms with Gasteiger partial charge in [-0.3, -0.25) is 14.4 Å². The van der Waals surface area contributed by atoms with E-state index in [1.165, 1.54) is 19.4 Å². The van der Waals surface area contributed by atoms with E-state index in [9.17, 15) is 37.5 Å². The smallest absolute Gasteiger partial charge is 0.453 e. The number of imidazole rings is 1. The van der Waals surface area contributed by atoms with E-state index in [1.807, 2.05) is 24.0 Å². The van der Waals surface area contributed by atoms with E-state index < -0.39 is 41.6 Å². The van der Waals surface area contributed by atoms with Gasteiger partial charge in [-0.25, -0.2) is 14.8 Å². The lowest BCUT2D eigenvalue weighted by molar-refractivity contribution is -0.274. The van der Waals surface area contributed by atoms with Gasteiger partial charge in [0, 0.05) is 68.6 Å². The van der Waals surface area contributed by atoms with Crippen molar-refractivity contribution in [2.45, 2.75) is 71.4 Å². The molecule has 68 heavy (non-hydrogen) atoms. The van der Waals surface area contributed by atoms with E-state index in [4.69, 9.17) is 26.1 Å². The lowest BCUT2D eigenvalue weighted by Crippen LogP contribution is -2.56. The molecule has 3 aromatic carbocycles. The molecular formula is C48H54ClF3N8O8. The molecule has 0 radical (unpaired) electrons. The van der Waals surface area contributed by atoms with Crippen LogP contribution in [0.1, 0.15) is 69.2 Å². The molecule has 5 heterocycles. The standard InChI is InChI=1S/C48H54ClF3N8O8/c1-26-18-37(60(23-26)44(63)40(57-46(65)66-5)28-12-16-67-17-13-28)42-54-35-10-7-29-19-30(6-9-32(29)41(35)56-42)33-20-34(49)36(21-38(33)68-48(50,51)52)55-43(62)31-8-11-39(53-22-31)59-15-14-58(24-27(59)2)45(64)47(3,4)25-61/h6-11,19-22,26-28,37,40,61H,12-18,23-25H2,1-5H3,(H,54,56)(H,55,62)(H,57,65)/t26-,27?,37-,40-/m0/s1. The molecule has 3 aliphatic heterocycles. The van der Waals surface area contributed by atoms with Crippen molar-refractivity contribution >= 4 is 68.7 Å². The summed E-state index contributed by atoms with van der Waals surface area (Å²) in [6, 6.07) is 12.9. The minimum Gasteiger partial charge on any atom is -0.453 e. The van der Waals surface area contributed by atoms with E-state index in [0.29, 0.717) is 97.7 Å². The third-order valence-corrected chi connectivity index (χ3v) is 13.4. The van der Waals surface area contributed by atoms with E-state index >= 15 is 0 Å². The molecule has 8 rings (SSSR count). The van der Waals surface area contributed by atoms with Gasteiger partial charge in [-0.05, 0) is 93.2 Å². The summed E-state index contributed by atoms with van der Waals surface area (Å²) in [7, 11) is 1.26. The number of fused-ring (bicyclic) bond motifs is 3. The number of pyridine rings is 1. The van der Waals surface area contributed by atoms with Crippen LogP contribution in [0, 0.1) is 17.3 Å². The van der Waals surface area contributed by atoms with Crippen LogP contribution < -0.4 is 20.3 Å². The zero-order valence-electron chi connectivity index (χ0n) is 38.3. The number of aliphatic hydroxyl groups is 1. The molecule has 4 atom stereocenters. The largest absolute Gasteiger partial charge is 0.573 e. The summed E-state index contributed by atoms with van der Waals surface area (Å²) < 4.78 is 56.8. The first kappa shape index (κ1) is 48.3. The number of alkyl carbamates (subject to hydrolysis) is 1. The first-order valence-electron chi connectivity index (χ1n) is 22.5. The molecule has 4 amide bonds. The van der Waals surface area contributed by atoms with Gasteiger partial charge in [-0.15, -0.1) is 13.2 Å². The van der Waals surface area contributed by atoms with Crippen LogP contribution in [0.4, 0.5) is 29.5 Å². The number of alkyl halides is 3. The van der Waals surface area contributed by atoms with Gasteiger partial charge >= 0.3 is 12.5 Å². The fourth-order valence-corrected chi connectivity index (χ4v) is 9.65. The third-order valence-electron chi connectivity index (χ3n) is 13.1. The van der Waals surface area contributed by atoms with Gasteiger partial charge in [0.2, 0.25) is 11.8 Å². The molecule has 4 N–H and O–H groups in total. The number of rotatable bonds is 11. The van der Waals surface area contributed by atoms with Gasteiger partial charge in [0.15, 0.2) is 0 Å². The molecule has 3 aliphatic rings. The number of aliphatic hydroxyl groups excluding tert-OH is 1. The maximum atomic E-state index is 14.3. The number of piperazine rings is 1. The second-order valence-electron chi connectivity index (χ2n) is 18.5. The number of H-pyrrole nitrogens is 1. The molecule has 0 spiro atoms. The molecule has 16 nitrogen and oxygen atoms in total. The topological polar surface area (TPSA) is 192 Å². The van der Waals surface area contributed by atoms with Crippen LogP contribution >= 0.6 is 11.6 Å². The van der Waals surface area contributed by atoms with E-state index in [2.05, 4.69) is 32.3 Å². The Morgan fingerprint density at radius 3 is 2.46 bits per heavy atom. The Labute approximate surface area is 395 Å². The quantitative estimate of drug-likeness (QED) is 0.101. The van der Waals surface area contributed by atoms with Crippen molar-refractivity contribution in [3.63, 3.8) is 0 Å². The second-order valence-corrected chi connectivity index (χ2v) is 18.9. The normalized spacial score (nSPS) is 19.9. The number of methoxy groups -OCH3 is 1. The maximum absolute atomic E-state index is 14.3. The molecular weight excluding hydrogens is 909 g/mol. The molecule has 3 saturated heterocycles. The number of hydrogen-bond donors (Lipinski definition) is 4. The first-order chi connectivity index (χ1) is 32.3. The van der Waals surface area contributed by atoms with Crippen molar-refractivity contribution in [1.82, 2.24) is 30.1 Å². The van der Waals surface area contributed by atoms with Gasteiger partial charge in [0.05, 0.1) is 52.5 Å². The van der Waals surface area contributed by atoms with Gasteiger partial charge in [-0.1, -0.05) is 36.7 Å². The van der Waals surface area contributed by atoms with Crippen LogP contribution in [0.3, 0.4) is 0 Å². The summed E-state index contributed by atoms with van der Waals surface area (Å²) in [5.74, 6) is -0.488. The molecule has 362 valence electrons. The molecule has 1 unspecified atom stereocenters. The Bertz CT molecular complexity index is 2710. The Balaban J connectivity index is 1.02. The van der Waals surface area contributed by atoms with Crippen LogP contribution in [0.15, 0.2) is 60.8 Å². The average Bonchev–Trinajstić information content (AvgIpc) is 3.94. The highest BCUT2D eigenvalue weighted by molar-refractivity contribution is 6.34. The number of aromatic nitrogens is 3. The Morgan fingerprint density at radius 1 is 1.01 bits per heavy atom. The fraction of sp³-hybridized carbons (Fsp3) is 0.458. The van der Waals surface area contributed by atoms with Crippen molar-refractivity contribution in [2.24, 2.45) is 17.3 Å². The molecule has 2 aromatic heterocycles. The number of carbonyl (C=O) groups excluding carboxylic acids is 4. The summed E-state index contributed by atoms with van der Waals surface area (Å²) in [6.45, 7) is 9.85. The van der Waals surface area contributed by atoms with Gasteiger partial charge in [-0.2, -0.15) is 0 Å². The fourth-order valence-electron chi connectivity index (χ4n) is 9.44. The number of ether oxygens (including phenoxy) is 3. The van der Waals surface area contributed by atoms with Crippen LogP contribution in [0.5, 0.6) is 5.75 Å². The molecule has 0 saturated carbocycles. The monoisotopic (exact) mass is 962 g/mol. The molecule has 5 aromatic rings. The van der Waals surface area contributed by atoms with Crippen LogP contribution in [0.2, 0.25) is 5.02 Å². The highest BCUT2D eigenvalue weighted by Crippen LogP contribution is 2.42. The zero-order valence-corrected chi connectivity index (χ0v) is 39.0. The Hall–Kier alpha value is -6.18. The van der Waals surface area contributed by atoms with Crippen molar-refractivity contribution in [2.75, 3.05) is 63.3 Å². The number of nitrogens with zero attached hydrogens (tertiary/aromatic N) is 5. The summed E-state index contributed by atoms with van der Waals surface area (Å²) in [6.07, 6.45) is -2.58. The molecule has 3 fully saturated rings. The Kier molecular flexibility index (Phi) is 13.8. The summed E-state index contributed by atoms with van der Waals surface area (Å²) >= 11 is 6.68. The minimum absolute atomic E-state index is 0.0191. The van der Waals surface area contributed by atoms with Crippen LogP contribution in [-0.2, 0) is 19.1 Å². The van der Waals surface area contributed by atoms with E-state index in [-0.39, 0.29) is 58.1 Å². The number of amides is 4. The first-order valence-corrected chi connectivity index (χ1v) is 22.9. The molecule has 20 heteroatoms. The SMILES string of the molecule is COC(=O)N[C@H](C(=O)N1C[C@@H](C)C[C@H]1c1nc2c(ccc3cc(-c4cc(Cl)c(NC(=O)c5ccc(N6CCN(C(=O)C(C)(C)CO)CC6C)nc5)cc4OC(F)(F)F)ccc32)[nH]1)C1CCOCC1. The highest BCUT2D eigenvalue weighted by Gasteiger charge is 2.42. The predicted molar refractivity (Wildman–Crippen MR) is 248 cm³/mol. The maximum Gasteiger partial charge on any atom is 0.573 e. The summed E-state index contributed by atoms with van der Waals surface area (Å²) in [5, 5.41) is 16.3. The number of benzene rings is 3. The lowest BCUT2D eigenvalue weighted by Gasteiger charge is -2.42. The Morgan fingerprint density at radius 2 is 1.78 bits per heavy atom. The number of carbonyl (C=O) groups is 4. The van der Waals surface area contributed by atoms with Crippen molar-refractivity contribution < 1.29 is 51.7 Å². The number of nitrogens with one attached hydrogen (secondary N) is 3. The van der Waals surface area contributed by atoms with Crippen molar-refractivity contribution in [3.05, 3.63) is 77.2 Å². The second kappa shape index (κ2) is 19.4. The number of hydrogen-bond acceptors (Lipinski definition) is 11. The average molecular weight is 963 g/mol. The predicted octanol–water partition coefficient (Wildman–Crippen LogP) is 7.70. The zero-order chi connectivity index (χ0) is 48.7.